The van der Waals surface area contributed by atoms with E-state index in [4.69, 9.17) is 14.2 Å². The van der Waals surface area contributed by atoms with Gasteiger partial charge in [0.15, 0.2) is 6.10 Å². The van der Waals surface area contributed by atoms with E-state index >= 15 is 0 Å². The summed E-state index contributed by atoms with van der Waals surface area (Å²) in [7, 11) is 0. The third-order valence-electron chi connectivity index (χ3n) is 12.5. The van der Waals surface area contributed by atoms with Crippen molar-refractivity contribution in [3.05, 3.63) is 36.5 Å². The Hall–Kier alpha value is -2.90. The Labute approximate surface area is 406 Å². The summed E-state index contributed by atoms with van der Waals surface area (Å²) in [5.41, 5.74) is 0. The molecule has 0 fully saturated rings. The van der Waals surface area contributed by atoms with Crippen LogP contribution in [0.4, 0.5) is 0 Å². The Balaban J connectivity index is 4.75. The van der Waals surface area contributed by atoms with Crippen LogP contribution in [0.15, 0.2) is 36.5 Å². The smallest absolute Gasteiger partial charge is 0.349 e. The van der Waals surface area contributed by atoms with Crippen molar-refractivity contribution in [2.45, 2.75) is 303 Å². The van der Waals surface area contributed by atoms with Gasteiger partial charge in [-0.05, 0) is 96.3 Å². The number of carboxylic acids is 1. The zero-order chi connectivity index (χ0) is 48.2. The molecule has 8 nitrogen and oxygen atoms in total. The maximum atomic E-state index is 13.0. The van der Waals surface area contributed by atoms with Gasteiger partial charge in [0.2, 0.25) is 6.10 Å². The van der Waals surface area contributed by atoms with E-state index in [9.17, 15) is 24.3 Å². The van der Waals surface area contributed by atoms with Gasteiger partial charge >= 0.3 is 23.9 Å². The first-order valence-corrected chi connectivity index (χ1v) is 28.1. The third-order valence-corrected chi connectivity index (χ3v) is 12.5. The van der Waals surface area contributed by atoms with Gasteiger partial charge in [0, 0.05) is 19.3 Å². The lowest BCUT2D eigenvalue weighted by molar-refractivity contribution is -0.185. The molecule has 0 radical (unpaired) electrons. The molecule has 2 unspecified atom stereocenters. The van der Waals surface area contributed by atoms with E-state index in [-0.39, 0.29) is 19.3 Å². The molecule has 0 amide bonds. The lowest BCUT2D eigenvalue weighted by atomic mass is 10.1. The molecule has 0 aliphatic carbocycles. The number of carboxylic acid groups (broad SMARTS) is 1. The Morgan fingerprint density at radius 3 is 0.939 bits per heavy atom. The molecule has 0 aromatic carbocycles. The average Bonchev–Trinajstić information content (AvgIpc) is 3.30. The van der Waals surface area contributed by atoms with Crippen molar-refractivity contribution in [1.29, 1.82) is 0 Å². The lowest BCUT2D eigenvalue weighted by Crippen LogP contribution is -2.44. The van der Waals surface area contributed by atoms with Gasteiger partial charge in [0.1, 0.15) is 6.61 Å². The maximum absolute atomic E-state index is 13.0. The minimum absolute atomic E-state index is 0.0762. The molecule has 2 atom stereocenters. The van der Waals surface area contributed by atoms with Crippen molar-refractivity contribution in [2.75, 3.05) is 6.61 Å². The van der Waals surface area contributed by atoms with Crippen LogP contribution in [0.25, 0.3) is 0 Å². The van der Waals surface area contributed by atoms with Gasteiger partial charge in [-0.25, -0.2) is 4.79 Å². The van der Waals surface area contributed by atoms with Gasteiger partial charge in [-0.2, -0.15) is 0 Å². The van der Waals surface area contributed by atoms with Gasteiger partial charge in [-0.3, -0.25) is 14.4 Å². The second-order valence-corrected chi connectivity index (χ2v) is 19.0. The summed E-state index contributed by atoms with van der Waals surface area (Å²) in [4.78, 5) is 51.0. The minimum Gasteiger partial charge on any atom is -0.478 e. The highest BCUT2D eigenvalue weighted by Crippen LogP contribution is 2.17. The first kappa shape index (κ1) is 63.1. The summed E-state index contributed by atoms with van der Waals surface area (Å²) in [5, 5.41) is 10.1. The number of esters is 3. The standard InChI is InChI=1S/C58H104O8/c1-4-7-10-13-16-19-22-25-28-31-34-37-40-43-46-49-54(59)64-52-53(65-55(60)50-47-44-41-38-35-32-29-26-23-20-17-14-11-8-5-2)57(58(62)63)66-56(61)51-48-45-42-39-36-33-30-27-24-21-18-15-12-9-6-3/h25-30,53,57H,4-24,31-52H2,1-3H3,(H,62,63)/b28-25-,29-26-,30-27-/i58+2. The number of allylic oxidation sites excluding steroid dienone is 6. The highest BCUT2D eigenvalue weighted by atomic mass is 16.7. The zero-order valence-corrected chi connectivity index (χ0v) is 43.3. The van der Waals surface area contributed by atoms with Gasteiger partial charge in [0.25, 0.3) is 0 Å². The molecular formula is C58H104O8. The van der Waals surface area contributed by atoms with Crippen LogP contribution in [0.1, 0.15) is 290 Å². The number of hydrogen-bond acceptors (Lipinski definition) is 7. The van der Waals surface area contributed by atoms with Crippen LogP contribution in [0.3, 0.4) is 0 Å². The fourth-order valence-corrected chi connectivity index (χ4v) is 8.16. The summed E-state index contributed by atoms with van der Waals surface area (Å²) in [5.74, 6) is -3.14. The number of unbranched alkanes of at least 4 members (excludes halogenated alkanes) is 33. The quantitative estimate of drug-likeness (QED) is 0.0277. The predicted octanol–water partition coefficient (Wildman–Crippen LogP) is 17.6. The molecule has 8 heteroatoms. The van der Waals surface area contributed by atoms with Crippen molar-refractivity contribution in [3.63, 3.8) is 0 Å². The summed E-state index contributed by atoms with van der Waals surface area (Å²) in [6.45, 7) is 6.27. The highest BCUT2D eigenvalue weighted by molar-refractivity contribution is 5.79. The molecule has 0 bridgehead atoms. The molecule has 0 rings (SSSR count). The highest BCUT2D eigenvalue weighted by Gasteiger charge is 2.36. The van der Waals surface area contributed by atoms with Gasteiger partial charge in [0.05, 0.1) is 0 Å². The van der Waals surface area contributed by atoms with Gasteiger partial charge in [-0.1, -0.05) is 211 Å². The lowest BCUT2D eigenvalue weighted by Gasteiger charge is -2.24. The van der Waals surface area contributed by atoms with E-state index < -0.39 is 42.7 Å². The molecule has 0 aromatic rings. The Morgan fingerprint density at radius 1 is 0.379 bits per heavy atom. The van der Waals surface area contributed by atoms with Crippen LogP contribution in [-0.4, -0.2) is 47.8 Å². The Bertz CT molecular complexity index is 1190. The molecule has 66 heavy (non-hydrogen) atoms. The number of aliphatic carboxylic acids is 1. The second kappa shape index (κ2) is 51.5. The monoisotopic (exact) mass is 931 g/mol. The predicted molar refractivity (Wildman–Crippen MR) is 277 cm³/mol. The molecule has 0 spiro atoms. The van der Waals surface area contributed by atoms with Crippen LogP contribution >= 0.6 is 0 Å². The van der Waals surface area contributed by atoms with Crippen LogP contribution in [0.5, 0.6) is 0 Å². The van der Waals surface area contributed by atoms with Crippen molar-refractivity contribution >= 4 is 23.9 Å². The van der Waals surface area contributed by atoms with Gasteiger partial charge < -0.3 is 19.3 Å². The molecule has 0 saturated heterocycles. The molecular weight excluding hydrogens is 827 g/mol. The normalized spacial score (nSPS) is 12.7. The second-order valence-electron chi connectivity index (χ2n) is 19.0. The topological polar surface area (TPSA) is 116 Å². The summed E-state index contributed by atoms with van der Waals surface area (Å²) < 4.78 is 16.5. The number of carbonyl (C=O) groups is 4. The summed E-state index contributed by atoms with van der Waals surface area (Å²) in [6, 6.07) is 0. The van der Waals surface area contributed by atoms with Crippen LogP contribution in [0, 0.1) is 0 Å². The number of ether oxygens (including phenoxy) is 3. The summed E-state index contributed by atoms with van der Waals surface area (Å²) in [6.07, 6.45) is 55.6. The summed E-state index contributed by atoms with van der Waals surface area (Å²) >= 11 is 0. The Kier molecular flexibility index (Phi) is 49.2. The van der Waals surface area contributed by atoms with E-state index in [0.29, 0.717) is 19.3 Å². The molecule has 0 heterocycles. The van der Waals surface area contributed by atoms with Crippen molar-refractivity contribution in [2.24, 2.45) is 0 Å². The van der Waals surface area contributed by atoms with Crippen molar-refractivity contribution < 1.29 is 38.5 Å². The number of hydrogen-bond donors (Lipinski definition) is 1. The van der Waals surface area contributed by atoms with E-state index in [2.05, 4.69) is 57.2 Å². The van der Waals surface area contributed by atoms with E-state index in [1.165, 1.54) is 122 Å². The molecule has 0 saturated carbocycles. The first-order valence-electron chi connectivity index (χ1n) is 28.1. The number of rotatable bonds is 51. The number of carbonyl (C=O) groups excluding carboxylic acids is 3. The first-order chi connectivity index (χ1) is 32.3. The van der Waals surface area contributed by atoms with E-state index in [1.54, 1.807) is 0 Å². The van der Waals surface area contributed by atoms with E-state index in [0.717, 1.165) is 109 Å². The maximum Gasteiger partial charge on any atom is 0.349 e. The molecule has 1 N–H and O–H groups in total. The average molecular weight is 931 g/mol. The molecule has 0 aromatic heterocycles. The largest absolute Gasteiger partial charge is 0.478 e. The van der Waals surface area contributed by atoms with Crippen molar-refractivity contribution in [3.8, 4) is 0 Å². The van der Waals surface area contributed by atoms with Crippen LogP contribution < -0.4 is 0 Å². The van der Waals surface area contributed by atoms with Crippen molar-refractivity contribution in [1.82, 2.24) is 0 Å². The fraction of sp³-hybridized carbons (Fsp3) is 0.828. The zero-order valence-electron chi connectivity index (χ0n) is 43.3. The molecule has 384 valence electrons. The third kappa shape index (κ3) is 46.2. The Morgan fingerprint density at radius 2 is 0.636 bits per heavy atom. The molecule has 0 aliphatic rings. The van der Waals surface area contributed by atoms with Crippen LogP contribution in [0.2, 0.25) is 0 Å². The molecule has 0 aliphatic heterocycles. The SMILES string of the molecule is CCCCCCCC/C=C\CCCCCCCC(=O)OCC(OC(=O)CCCCCCC/C=C\CCCCCCCC)C(OC(=O)CCCCCCC/C=C\CCCCCCCC)[14C](=O)O. The van der Waals surface area contributed by atoms with E-state index in [1.807, 2.05) is 0 Å². The minimum atomic E-state index is -1.76. The van der Waals surface area contributed by atoms with Crippen LogP contribution in [-0.2, 0) is 33.4 Å². The van der Waals surface area contributed by atoms with Gasteiger partial charge in [-0.15, -0.1) is 0 Å². The fourth-order valence-electron chi connectivity index (χ4n) is 8.16.